The molecule has 1 rings (SSSR count). The Morgan fingerprint density at radius 1 is 1.08 bits per heavy atom. The lowest BCUT2D eigenvalue weighted by molar-refractivity contribution is 0.168. The van der Waals surface area contributed by atoms with E-state index in [4.69, 9.17) is 5.11 Å². The second kappa shape index (κ2) is 5.58. The summed E-state index contributed by atoms with van der Waals surface area (Å²) in [6, 6.07) is 0. The van der Waals surface area contributed by atoms with Crippen LogP contribution in [0.2, 0.25) is 0 Å². The van der Waals surface area contributed by atoms with Crippen LogP contribution in [0, 0.1) is 11.8 Å². The minimum atomic E-state index is 0.380. The van der Waals surface area contributed by atoms with Gasteiger partial charge in [-0.3, -0.25) is 0 Å². The lowest BCUT2D eigenvalue weighted by atomic mass is 9.83. The highest BCUT2D eigenvalue weighted by atomic mass is 16.3. The van der Waals surface area contributed by atoms with Crippen molar-refractivity contribution in [3.05, 3.63) is 0 Å². The number of aliphatic hydroxyl groups excluding tert-OH is 1. The molecule has 0 amide bonds. The zero-order chi connectivity index (χ0) is 8.81. The molecule has 1 atom stereocenters. The molecule has 0 radical (unpaired) electrons. The van der Waals surface area contributed by atoms with Gasteiger partial charge in [-0.05, 0) is 11.8 Å². The van der Waals surface area contributed by atoms with Crippen LogP contribution in [-0.2, 0) is 0 Å². The predicted molar refractivity (Wildman–Crippen MR) is 52.1 cm³/mol. The fraction of sp³-hybridized carbons (Fsp3) is 1.00. The van der Waals surface area contributed by atoms with Crippen molar-refractivity contribution in [2.75, 3.05) is 6.61 Å². The van der Waals surface area contributed by atoms with Gasteiger partial charge in [0.1, 0.15) is 0 Å². The molecule has 1 aliphatic carbocycles. The smallest absolute Gasteiger partial charge is 0.0459 e. The summed E-state index contributed by atoms with van der Waals surface area (Å²) in [4.78, 5) is 0. The Morgan fingerprint density at radius 2 is 1.58 bits per heavy atom. The van der Waals surface area contributed by atoms with E-state index in [1.807, 2.05) is 0 Å². The van der Waals surface area contributed by atoms with Crippen molar-refractivity contribution in [3.63, 3.8) is 0 Å². The molecule has 1 unspecified atom stereocenters. The molecular weight excluding hydrogens is 148 g/mol. The van der Waals surface area contributed by atoms with Crippen molar-refractivity contribution in [1.82, 2.24) is 0 Å². The van der Waals surface area contributed by atoms with Crippen LogP contribution < -0.4 is 0 Å². The zero-order valence-electron chi connectivity index (χ0n) is 8.26. The Morgan fingerprint density at radius 3 is 2.08 bits per heavy atom. The van der Waals surface area contributed by atoms with Gasteiger partial charge in [0, 0.05) is 6.61 Å². The molecule has 72 valence electrons. The van der Waals surface area contributed by atoms with Gasteiger partial charge in [-0.1, -0.05) is 51.9 Å². The molecule has 1 N–H and O–H groups in total. The maximum Gasteiger partial charge on any atom is 0.0459 e. The molecule has 0 heterocycles. The van der Waals surface area contributed by atoms with Crippen molar-refractivity contribution >= 4 is 0 Å². The van der Waals surface area contributed by atoms with Crippen molar-refractivity contribution in [1.29, 1.82) is 0 Å². The lowest BCUT2D eigenvalue weighted by Gasteiger charge is -2.24. The zero-order valence-corrected chi connectivity index (χ0v) is 8.26. The van der Waals surface area contributed by atoms with Gasteiger partial charge in [0.15, 0.2) is 0 Å². The molecule has 0 spiro atoms. The molecule has 1 fully saturated rings. The molecule has 12 heavy (non-hydrogen) atoms. The van der Waals surface area contributed by atoms with E-state index in [-0.39, 0.29) is 0 Å². The average molecular weight is 170 g/mol. The molecule has 0 aromatic rings. The number of hydrogen-bond donors (Lipinski definition) is 1. The van der Waals surface area contributed by atoms with E-state index in [0.717, 1.165) is 5.92 Å². The van der Waals surface area contributed by atoms with E-state index in [1.54, 1.807) is 0 Å². The van der Waals surface area contributed by atoms with E-state index >= 15 is 0 Å². The fourth-order valence-corrected chi connectivity index (χ4v) is 2.21. The second-order valence-electron chi connectivity index (χ2n) is 4.27. The van der Waals surface area contributed by atoms with Crippen LogP contribution in [-0.4, -0.2) is 11.7 Å². The third-order valence-corrected chi connectivity index (χ3v) is 3.24. The summed E-state index contributed by atoms with van der Waals surface area (Å²) in [7, 11) is 0. The van der Waals surface area contributed by atoms with Crippen molar-refractivity contribution in [3.8, 4) is 0 Å². The maximum absolute atomic E-state index is 9.05. The molecule has 0 bridgehead atoms. The maximum atomic E-state index is 9.05. The summed E-state index contributed by atoms with van der Waals surface area (Å²) in [5.41, 5.74) is 0. The van der Waals surface area contributed by atoms with Crippen LogP contribution in [0.3, 0.4) is 0 Å². The fourth-order valence-electron chi connectivity index (χ4n) is 2.21. The summed E-state index contributed by atoms with van der Waals surface area (Å²) < 4.78 is 0. The van der Waals surface area contributed by atoms with Crippen molar-refractivity contribution in [2.24, 2.45) is 11.8 Å². The van der Waals surface area contributed by atoms with Crippen LogP contribution in [0.5, 0.6) is 0 Å². The minimum Gasteiger partial charge on any atom is -0.396 e. The summed E-state index contributed by atoms with van der Waals surface area (Å²) >= 11 is 0. The summed E-state index contributed by atoms with van der Waals surface area (Å²) in [6.07, 6.45) is 9.72. The van der Waals surface area contributed by atoms with Crippen LogP contribution >= 0.6 is 0 Å². The van der Waals surface area contributed by atoms with Crippen molar-refractivity contribution in [2.45, 2.75) is 51.9 Å². The Balaban J connectivity index is 2.29. The SMILES string of the molecule is CC(CO)C1CCCCCCC1. The molecule has 0 aromatic heterocycles. The molecule has 1 nitrogen and oxygen atoms in total. The predicted octanol–water partition coefficient (Wildman–Crippen LogP) is 2.98. The molecule has 0 aliphatic heterocycles. The molecule has 1 heteroatoms. The van der Waals surface area contributed by atoms with Crippen LogP contribution in [0.4, 0.5) is 0 Å². The Bertz CT molecular complexity index is 104. The first-order valence-electron chi connectivity index (χ1n) is 5.45. The highest BCUT2D eigenvalue weighted by Crippen LogP contribution is 2.27. The average Bonchev–Trinajstić information content (AvgIpc) is 2.02. The van der Waals surface area contributed by atoms with Crippen molar-refractivity contribution < 1.29 is 5.11 Å². The highest BCUT2D eigenvalue weighted by molar-refractivity contribution is 4.68. The van der Waals surface area contributed by atoms with Gasteiger partial charge < -0.3 is 5.11 Å². The highest BCUT2D eigenvalue weighted by Gasteiger charge is 2.16. The molecule has 1 saturated carbocycles. The van der Waals surface area contributed by atoms with E-state index in [1.165, 1.54) is 44.9 Å². The first kappa shape index (κ1) is 10.0. The van der Waals surface area contributed by atoms with Gasteiger partial charge in [-0.2, -0.15) is 0 Å². The molecule has 0 saturated heterocycles. The van der Waals surface area contributed by atoms with Gasteiger partial charge in [0.2, 0.25) is 0 Å². The van der Waals surface area contributed by atoms with E-state index < -0.39 is 0 Å². The molecule has 1 aliphatic rings. The monoisotopic (exact) mass is 170 g/mol. The number of aliphatic hydroxyl groups is 1. The van der Waals surface area contributed by atoms with Gasteiger partial charge in [0.05, 0.1) is 0 Å². The summed E-state index contributed by atoms with van der Waals surface area (Å²) in [5.74, 6) is 1.33. The standard InChI is InChI=1S/C11H22O/c1-10(9-12)11-7-5-3-2-4-6-8-11/h10-12H,2-9H2,1H3. The van der Waals surface area contributed by atoms with E-state index in [9.17, 15) is 0 Å². The number of hydrogen-bond acceptors (Lipinski definition) is 1. The van der Waals surface area contributed by atoms with E-state index in [0.29, 0.717) is 12.5 Å². The third kappa shape index (κ3) is 3.14. The summed E-state index contributed by atoms with van der Waals surface area (Å²) in [6.45, 7) is 2.57. The number of rotatable bonds is 2. The van der Waals surface area contributed by atoms with E-state index in [2.05, 4.69) is 6.92 Å². The molecule has 0 aromatic carbocycles. The Kier molecular flexibility index (Phi) is 4.67. The topological polar surface area (TPSA) is 20.2 Å². The Hall–Kier alpha value is -0.0400. The largest absolute Gasteiger partial charge is 0.396 e. The Labute approximate surface area is 76.2 Å². The van der Waals surface area contributed by atoms with Crippen LogP contribution in [0.15, 0.2) is 0 Å². The third-order valence-electron chi connectivity index (χ3n) is 3.24. The first-order valence-corrected chi connectivity index (χ1v) is 5.45. The lowest BCUT2D eigenvalue weighted by Crippen LogP contribution is -2.16. The van der Waals surface area contributed by atoms with Gasteiger partial charge >= 0.3 is 0 Å². The minimum absolute atomic E-state index is 0.380. The molecular formula is C11H22O. The van der Waals surface area contributed by atoms with Gasteiger partial charge in [0.25, 0.3) is 0 Å². The second-order valence-corrected chi connectivity index (χ2v) is 4.27. The van der Waals surface area contributed by atoms with Crippen LogP contribution in [0.1, 0.15) is 51.9 Å². The van der Waals surface area contributed by atoms with Gasteiger partial charge in [-0.25, -0.2) is 0 Å². The van der Waals surface area contributed by atoms with Crippen LogP contribution in [0.25, 0.3) is 0 Å². The van der Waals surface area contributed by atoms with Gasteiger partial charge in [-0.15, -0.1) is 0 Å². The summed E-state index contributed by atoms with van der Waals surface area (Å²) in [5, 5.41) is 9.05. The normalized spacial score (nSPS) is 24.5. The first-order chi connectivity index (χ1) is 5.84. The quantitative estimate of drug-likeness (QED) is 0.675.